The van der Waals surface area contributed by atoms with E-state index in [4.69, 9.17) is 0 Å². The molecule has 1 heterocycles. The van der Waals surface area contributed by atoms with Gasteiger partial charge in [0.25, 0.3) is 0 Å². The van der Waals surface area contributed by atoms with E-state index in [0.29, 0.717) is 6.04 Å². The normalized spacial score (nSPS) is 31.0. The summed E-state index contributed by atoms with van der Waals surface area (Å²) in [7, 11) is 0. The van der Waals surface area contributed by atoms with Gasteiger partial charge in [-0.25, -0.2) is 0 Å². The molecule has 1 aliphatic rings. The highest BCUT2D eigenvalue weighted by Gasteiger charge is 2.23. The van der Waals surface area contributed by atoms with Gasteiger partial charge in [0.2, 0.25) is 0 Å². The average molecular weight is 170 g/mol. The molecule has 2 unspecified atom stereocenters. The average Bonchev–Trinajstić information content (AvgIpc) is 2.29. The Labute approximate surface area is 76.1 Å². The molecule has 1 fully saturated rings. The summed E-state index contributed by atoms with van der Waals surface area (Å²) in [5, 5.41) is 7.02. The first-order valence-electron chi connectivity index (χ1n) is 4.97. The van der Waals surface area contributed by atoms with Crippen LogP contribution in [0.2, 0.25) is 0 Å². The topological polar surface area (TPSA) is 24.1 Å². The highest BCUT2D eigenvalue weighted by Crippen LogP contribution is 2.14. The molecule has 1 saturated heterocycles. The number of hydrogen-bond acceptors (Lipinski definition) is 2. The standard InChI is InChI=1S/C10H22N2/c1-8-9(5-6-11-8)7-12-10(2,3)4/h8-9,11-12H,5-7H2,1-4H3. The van der Waals surface area contributed by atoms with Gasteiger partial charge in [-0.05, 0) is 53.1 Å². The molecule has 2 atom stereocenters. The SMILES string of the molecule is CC1NCCC1CNC(C)(C)C. The summed E-state index contributed by atoms with van der Waals surface area (Å²) < 4.78 is 0. The summed E-state index contributed by atoms with van der Waals surface area (Å²) in [6.07, 6.45) is 1.32. The fourth-order valence-corrected chi connectivity index (χ4v) is 1.63. The van der Waals surface area contributed by atoms with Crippen molar-refractivity contribution in [2.45, 2.75) is 45.7 Å². The van der Waals surface area contributed by atoms with Crippen molar-refractivity contribution in [1.82, 2.24) is 10.6 Å². The Kier molecular flexibility index (Phi) is 3.13. The lowest BCUT2D eigenvalue weighted by Crippen LogP contribution is -2.41. The quantitative estimate of drug-likeness (QED) is 0.654. The third kappa shape index (κ3) is 3.11. The Morgan fingerprint density at radius 3 is 2.50 bits per heavy atom. The largest absolute Gasteiger partial charge is 0.314 e. The van der Waals surface area contributed by atoms with Gasteiger partial charge in [0.1, 0.15) is 0 Å². The van der Waals surface area contributed by atoms with Gasteiger partial charge in [0, 0.05) is 11.6 Å². The van der Waals surface area contributed by atoms with Gasteiger partial charge < -0.3 is 10.6 Å². The van der Waals surface area contributed by atoms with Gasteiger partial charge in [-0.15, -0.1) is 0 Å². The van der Waals surface area contributed by atoms with Crippen LogP contribution in [0, 0.1) is 5.92 Å². The molecule has 0 spiro atoms. The molecule has 0 amide bonds. The van der Waals surface area contributed by atoms with Gasteiger partial charge in [-0.3, -0.25) is 0 Å². The molecule has 2 N–H and O–H groups in total. The molecular formula is C10H22N2. The lowest BCUT2D eigenvalue weighted by atomic mass is 10.00. The molecule has 0 aliphatic carbocycles. The zero-order valence-corrected chi connectivity index (χ0v) is 8.78. The molecule has 0 radical (unpaired) electrons. The molecule has 72 valence electrons. The summed E-state index contributed by atoms with van der Waals surface area (Å²) in [6.45, 7) is 11.3. The summed E-state index contributed by atoms with van der Waals surface area (Å²) in [5.74, 6) is 0.823. The molecule has 0 bridgehead atoms. The molecule has 1 rings (SSSR count). The molecule has 2 heteroatoms. The van der Waals surface area contributed by atoms with E-state index in [9.17, 15) is 0 Å². The monoisotopic (exact) mass is 170 g/mol. The van der Waals surface area contributed by atoms with E-state index >= 15 is 0 Å². The van der Waals surface area contributed by atoms with E-state index < -0.39 is 0 Å². The second-order valence-corrected chi connectivity index (χ2v) is 4.92. The van der Waals surface area contributed by atoms with E-state index in [1.165, 1.54) is 13.0 Å². The minimum absolute atomic E-state index is 0.266. The summed E-state index contributed by atoms with van der Waals surface area (Å²) in [4.78, 5) is 0. The van der Waals surface area contributed by atoms with E-state index in [0.717, 1.165) is 12.5 Å². The Balaban J connectivity index is 2.23. The fraction of sp³-hybridized carbons (Fsp3) is 1.00. The second kappa shape index (κ2) is 3.75. The highest BCUT2D eigenvalue weighted by atomic mass is 15.0. The fourth-order valence-electron chi connectivity index (χ4n) is 1.63. The van der Waals surface area contributed by atoms with Gasteiger partial charge in [-0.2, -0.15) is 0 Å². The van der Waals surface area contributed by atoms with Crippen LogP contribution in [0.25, 0.3) is 0 Å². The van der Waals surface area contributed by atoms with Crippen molar-refractivity contribution in [3.8, 4) is 0 Å². The lowest BCUT2D eigenvalue weighted by molar-refractivity contribution is 0.356. The number of hydrogen-bond donors (Lipinski definition) is 2. The predicted octanol–water partition coefficient (Wildman–Crippen LogP) is 1.37. The molecule has 0 aromatic carbocycles. The third-order valence-electron chi connectivity index (χ3n) is 2.58. The molecule has 0 aromatic rings. The zero-order chi connectivity index (χ0) is 9.19. The first kappa shape index (κ1) is 10.0. The number of rotatable bonds is 2. The highest BCUT2D eigenvalue weighted by molar-refractivity contribution is 4.83. The Hall–Kier alpha value is -0.0800. The van der Waals surface area contributed by atoms with Crippen molar-refractivity contribution < 1.29 is 0 Å². The van der Waals surface area contributed by atoms with Crippen LogP contribution < -0.4 is 10.6 Å². The maximum absolute atomic E-state index is 3.55. The van der Waals surface area contributed by atoms with Crippen LogP contribution in [-0.2, 0) is 0 Å². The smallest absolute Gasteiger partial charge is 0.00966 e. The van der Waals surface area contributed by atoms with E-state index in [2.05, 4.69) is 38.3 Å². The minimum Gasteiger partial charge on any atom is -0.314 e. The minimum atomic E-state index is 0.266. The molecule has 12 heavy (non-hydrogen) atoms. The maximum Gasteiger partial charge on any atom is 0.00966 e. The van der Waals surface area contributed by atoms with Crippen molar-refractivity contribution >= 4 is 0 Å². The predicted molar refractivity (Wildman–Crippen MR) is 53.3 cm³/mol. The van der Waals surface area contributed by atoms with Crippen LogP contribution in [0.1, 0.15) is 34.1 Å². The number of nitrogens with one attached hydrogen (secondary N) is 2. The first-order chi connectivity index (χ1) is 5.49. The summed E-state index contributed by atoms with van der Waals surface area (Å²) >= 11 is 0. The Morgan fingerprint density at radius 2 is 2.08 bits per heavy atom. The summed E-state index contributed by atoms with van der Waals surface area (Å²) in [5.41, 5.74) is 0.266. The van der Waals surface area contributed by atoms with Crippen molar-refractivity contribution in [3.63, 3.8) is 0 Å². The summed E-state index contributed by atoms with van der Waals surface area (Å²) in [6, 6.07) is 0.694. The van der Waals surface area contributed by atoms with E-state index in [-0.39, 0.29) is 5.54 Å². The molecular weight excluding hydrogens is 148 g/mol. The van der Waals surface area contributed by atoms with Crippen molar-refractivity contribution in [2.24, 2.45) is 5.92 Å². The molecule has 2 nitrogen and oxygen atoms in total. The van der Waals surface area contributed by atoms with Gasteiger partial charge in [0.05, 0.1) is 0 Å². The van der Waals surface area contributed by atoms with Crippen molar-refractivity contribution in [1.29, 1.82) is 0 Å². The van der Waals surface area contributed by atoms with E-state index in [1.54, 1.807) is 0 Å². The van der Waals surface area contributed by atoms with Crippen LogP contribution in [0.4, 0.5) is 0 Å². The molecule has 0 aromatic heterocycles. The second-order valence-electron chi connectivity index (χ2n) is 4.92. The molecule has 0 saturated carbocycles. The Morgan fingerprint density at radius 1 is 1.42 bits per heavy atom. The molecule has 1 aliphatic heterocycles. The third-order valence-corrected chi connectivity index (χ3v) is 2.58. The zero-order valence-electron chi connectivity index (χ0n) is 8.78. The van der Waals surface area contributed by atoms with Crippen molar-refractivity contribution in [3.05, 3.63) is 0 Å². The van der Waals surface area contributed by atoms with Crippen LogP contribution in [0.5, 0.6) is 0 Å². The van der Waals surface area contributed by atoms with Crippen LogP contribution in [-0.4, -0.2) is 24.7 Å². The lowest BCUT2D eigenvalue weighted by Gasteiger charge is -2.24. The van der Waals surface area contributed by atoms with Gasteiger partial charge >= 0.3 is 0 Å². The van der Waals surface area contributed by atoms with E-state index in [1.807, 2.05) is 0 Å². The van der Waals surface area contributed by atoms with Crippen LogP contribution >= 0.6 is 0 Å². The van der Waals surface area contributed by atoms with Gasteiger partial charge in [-0.1, -0.05) is 0 Å². The Bertz CT molecular complexity index is 137. The van der Waals surface area contributed by atoms with Crippen LogP contribution in [0.15, 0.2) is 0 Å². The first-order valence-corrected chi connectivity index (χ1v) is 4.97. The maximum atomic E-state index is 3.55. The van der Waals surface area contributed by atoms with Crippen LogP contribution in [0.3, 0.4) is 0 Å². The van der Waals surface area contributed by atoms with Crippen molar-refractivity contribution in [2.75, 3.05) is 13.1 Å². The van der Waals surface area contributed by atoms with Gasteiger partial charge in [0.15, 0.2) is 0 Å².